The second-order valence-electron chi connectivity index (χ2n) is 11.9. The van der Waals surface area contributed by atoms with Gasteiger partial charge < -0.3 is 39.4 Å². The third-order valence-electron chi connectivity index (χ3n) is 8.34. The minimum Gasteiger partial charge on any atom is -0.487 e. The highest BCUT2D eigenvalue weighted by Crippen LogP contribution is 2.31. The number of para-hydroxylation sites is 1. The highest BCUT2D eigenvalue weighted by Gasteiger charge is 2.34. The Kier molecular flexibility index (Phi) is 9.14. The van der Waals surface area contributed by atoms with Crippen molar-refractivity contribution in [2.75, 3.05) is 37.4 Å². The van der Waals surface area contributed by atoms with E-state index in [9.17, 15) is 19.5 Å². The predicted octanol–water partition coefficient (Wildman–Crippen LogP) is 4.35. The Hall–Kier alpha value is -4.84. The molecule has 0 fully saturated rings. The first-order valence-corrected chi connectivity index (χ1v) is 15.0. The maximum atomic E-state index is 13.8. The zero-order valence-corrected chi connectivity index (χ0v) is 26.5. The smallest absolute Gasteiger partial charge is 0.321 e. The Balaban J connectivity index is 1.37. The van der Waals surface area contributed by atoms with Gasteiger partial charge >= 0.3 is 6.03 Å². The van der Waals surface area contributed by atoms with Crippen molar-refractivity contribution in [3.05, 3.63) is 71.2 Å². The van der Waals surface area contributed by atoms with E-state index in [-0.39, 0.29) is 48.9 Å². The summed E-state index contributed by atoms with van der Waals surface area (Å²) in [5, 5.41) is 20.7. The number of ether oxygens (including phenoxy) is 1. The van der Waals surface area contributed by atoms with Gasteiger partial charge in [-0.05, 0) is 50.6 Å². The van der Waals surface area contributed by atoms with Gasteiger partial charge in [0.2, 0.25) is 5.91 Å². The van der Waals surface area contributed by atoms with Gasteiger partial charge in [-0.15, -0.1) is 0 Å². The van der Waals surface area contributed by atoms with Gasteiger partial charge in [0.05, 0.1) is 31.2 Å². The highest BCUT2D eigenvalue weighted by molar-refractivity contribution is 6.01. The van der Waals surface area contributed by atoms with Crippen LogP contribution in [0.5, 0.6) is 5.75 Å². The summed E-state index contributed by atoms with van der Waals surface area (Å²) in [6, 6.07) is 12.1. The lowest BCUT2D eigenvalue weighted by molar-refractivity contribution is -0.115. The summed E-state index contributed by atoms with van der Waals surface area (Å²) in [5.41, 5.74) is 3.75. The van der Waals surface area contributed by atoms with Crippen molar-refractivity contribution in [1.29, 1.82) is 0 Å². The Morgan fingerprint density at radius 1 is 1.18 bits per heavy atom. The molecule has 12 heteroatoms. The normalized spacial score (nSPS) is 17.2. The molecule has 0 saturated heterocycles. The summed E-state index contributed by atoms with van der Waals surface area (Å²) in [7, 11) is 3.61. The van der Waals surface area contributed by atoms with Gasteiger partial charge in [-0.3, -0.25) is 9.59 Å². The maximum Gasteiger partial charge on any atom is 0.321 e. The van der Waals surface area contributed by atoms with Crippen LogP contribution in [0.2, 0.25) is 0 Å². The Morgan fingerprint density at radius 3 is 2.64 bits per heavy atom. The molecule has 0 radical (unpaired) electrons. The van der Waals surface area contributed by atoms with Crippen LogP contribution in [0.4, 0.5) is 16.2 Å². The van der Waals surface area contributed by atoms with Crippen LogP contribution in [-0.2, 0) is 18.3 Å². The minimum atomic E-state index is -0.488. The number of nitrogens with zero attached hydrogens (tertiary/aromatic N) is 4. The molecule has 4 amide bonds. The van der Waals surface area contributed by atoms with Crippen molar-refractivity contribution < 1.29 is 28.8 Å². The number of rotatable bonds is 8. The van der Waals surface area contributed by atoms with E-state index in [1.54, 1.807) is 50.9 Å². The van der Waals surface area contributed by atoms with E-state index < -0.39 is 12.1 Å². The zero-order valence-electron chi connectivity index (χ0n) is 26.5. The molecule has 1 aliphatic heterocycles. The lowest BCUT2D eigenvalue weighted by Gasteiger charge is -2.38. The van der Waals surface area contributed by atoms with Crippen LogP contribution in [0.3, 0.4) is 0 Å². The molecule has 3 N–H and O–H groups in total. The van der Waals surface area contributed by atoms with Crippen molar-refractivity contribution in [1.82, 2.24) is 19.5 Å². The number of amides is 4. The van der Waals surface area contributed by atoms with Crippen molar-refractivity contribution in [2.45, 2.75) is 46.3 Å². The number of aryl methyl sites for hydroxylation is 3. The number of hydrogen-bond donors (Lipinski definition) is 3. The zero-order chi connectivity index (χ0) is 32.4. The van der Waals surface area contributed by atoms with Crippen molar-refractivity contribution in [3.63, 3.8) is 0 Å². The summed E-state index contributed by atoms with van der Waals surface area (Å²) in [6.07, 6.45) is 1.62. The molecule has 2 aromatic carbocycles. The van der Waals surface area contributed by atoms with E-state index in [0.29, 0.717) is 35.1 Å². The van der Waals surface area contributed by atoms with Crippen LogP contribution in [0.1, 0.15) is 41.2 Å². The van der Waals surface area contributed by atoms with Gasteiger partial charge in [0.1, 0.15) is 23.2 Å². The van der Waals surface area contributed by atoms with Crippen LogP contribution < -0.4 is 15.4 Å². The molecule has 0 bridgehead atoms. The van der Waals surface area contributed by atoms with Crippen LogP contribution in [-0.4, -0.2) is 81.4 Å². The third kappa shape index (κ3) is 6.65. The summed E-state index contributed by atoms with van der Waals surface area (Å²) < 4.78 is 13.6. The molecule has 12 nitrogen and oxygen atoms in total. The van der Waals surface area contributed by atoms with Gasteiger partial charge in [-0.2, -0.15) is 0 Å². The Labute approximate surface area is 261 Å². The Bertz CT molecular complexity index is 1710. The van der Waals surface area contributed by atoms with E-state index >= 15 is 0 Å². The highest BCUT2D eigenvalue weighted by atomic mass is 16.5. The molecule has 0 spiro atoms. The fraction of sp³-hybridized carbons (Fsp3) is 0.394. The van der Waals surface area contributed by atoms with Crippen molar-refractivity contribution in [2.24, 2.45) is 13.0 Å². The third-order valence-corrected chi connectivity index (χ3v) is 8.34. The SMILES string of the molecule is Cc1noc(C)c1NC(=O)N(C)C[C@@H]1Oc2ccc(NC(=O)Cc3cn(C)c4ccccc34)cc2C(=O)N([C@@H](C)CO)C[C@@H]1C. The van der Waals surface area contributed by atoms with Crippen LogP contribution in [0.25, 0.3) is 10.9 Å². The molecule has 0 saturated carbocycles. The van der Waals surface area contributed by atoms with E-state index in [4.69, 9.17) is 9.26 Å². The number of benzene rings is 2. The van der Waals surface area contributed by atoms with Crippen molar-refractivity contribution in [3.8, 4) is 5.75 Å². The molecule has 0 aliphatic carbocycles. The first-order valence-electron chi connectivity index (χ1n) is 15.0. The van der Waals surface area contributed by atoms with Crippen LogP contribution in [0, 0.1) is 19.8 Å². The predicted molar refractivity (Wildman–Crippen MR) is 170 cm³/mol. The lowest BCUT2D eigenvalue weighted by Crippen LogP contribution is -2.50. The molecule has 2 aromatic heterocycles. The van der Waals surface area contributed by atoms with E-state index in [1.165, 1.54) is 4.90 Å². The molecular weight excluding hydrogens is 576 g/mol. The number of likely N-dealkylation sites (N-methyl/N-ethyl adjacent to an activating group) is 1. The second-order valence-corrected chi connectivity index (χ2v) is 11.9. The number of carbonyl (C=O) groups excluding carboxylic acids is 3. The summed E-state index contributed by atoms with van der Waals surface area (Å²) >= 11 is 0. The molecule has 5 rings (SSSR count). The van der Waals surface area contributed by atoms with Gasteiger partial charge in [0.15, 0.2) is 5.76 Å². The van der Waals surface area contributed by atoms with Gasteiger partial charge in [-0.25, -0.2) is 4.79 Å². The molecule has 45 heavy (non-hydrogen) atoms. The van der Waals surface area contributed by atoms with E-state index in [1.807, 2.05) is 49.0 Å². The summed E-state index contributed by atoms with van der Waals surface area (Å²) in [4.78, 5) is 43.1. The van der Waals surface area contributed by atoms with E-state index in [2.05, 4.69) is 15.8 Å². The number of aliphatic hydroxyl groups excluding tert-OH is 1. The monoisotopic (exact) mass is 616 g/mol. The number of carbonyl (C=O) groups is 3. The van der Waals surface area contributed by atoms with Gasteiger partial charge in [-0.1, -0.05) is 30.3 Å². The number of aromatic nitrogens is 2. The molecule has 4 aromatic rings. The maximum absolute atomic E-state index is 13.8. The molecule has 3 atom stereocenters. The lowest BCUT2D eigenvalue weighted by atomic mass is 9.99. The van der Waals surface area contributed by atoms with E-state index in [0.717, 1.165) is 16.5 Å². The molecule has 1 aliphatic rings. The average molecular weight is 617 g/mol. The number of fused-ring (bicyclic) bond motifs is 2. The summed E-state index contributed by atoms with van der Waals surface area (Å²) in [5.74, 6) is 0.115. The largest absolute Gasteiger partial charge is 0.487 e. The van der Waals surface area contributed by atoms with Crippen molar-refractivity contribution >= 4 is 40.1 Å². The quantitative estimate of drug-likeness (QED) is 0.267. The topological polar surface area (TPSA) is 142 Å². The van der Waals surface area contributed by atoms with Gasteiger partial charge in [0, 0.05) is 49.3 Å². The minimum absolute atomic E-state index is 0.165. The van der Waals surface area contributed by atoms with Crippen LogP contribution >= 0.6 is 0 Å². The fourth-order valence-electron chi connectivity index (χ4n) is 5.68. The number of hydrogen-bond acceptors (Lipinski definition) is 7. The molecule has 0 unspecified atom stereocenters. The van der Waals surface area contributed by atoms with Gasteiger partial charge in [0.25, 0.3) is 5.91 Å². The summed E-state index contributed by atoms with van der Waals surface area (Å²) in [6.45, 7) is 7.48. The first kappa shape index (κ1) is 31.6. The molecule has 3 heterocycles. The van der Waals surface area contributed by atoms with Crippen LogP contribution in [0.15, 0.2) is 53.2 Å². The first-order chi connectivity index (χ1) is 21.5. The standard InChI is InChI=1S/C33H40N6O6/c1-19-15-39(20(2)18-40)32(42)26-14-24(34-30(41)13-23-16-37(5)27-10-8-7-9-25(23)27)11-12-28(26)44-29(19)17-38(6)33(43)35-31-21(3)36-45-22(31)4/h7-12,14,16,19-20,29,40H,13,15,17-18H2,1-6H3,(H,34,41)(H,35,43)/t19-,20-,29-/m0/s1. The number of aliphatic hydroxyl groups is 1. The number of nitrogens with one attached hydrogen (secondary N) is 2. The molecular formula is C33H40N6O6. The average Bonchev–Trinajstić information content (AvgIpc) is 3.51. The fourth-order valence-corrected chi connectivity index (χ4v) is 5.68. The second kappa shape index (κ2) is 13.0. The Morgan fingerprint density at radius 2 is 1.93 bits per heavy atom. The molecule has 238 valence electrons. The number of urea groups is 1. The number of anilines is 2.